The van der Waals surface area contributed by atoms with E-state index in [1.54, 1.807) is 17.0 Å². The van der Waals surface area contributed by atoms with Gasteiger partial charge in [-0.1, -0.05) is 41.4 Å². The van der Waals surface area contributed by atoms with E-state index < -0.39 is 0 Å². The maximum atomic E-state index is 13.0. The molecule has 1 aliphatic rings. The number of benzene rings is 2. The lowest BCUT2D eigenvalue weighted by molar-refractivity contribution is -0.120. The summed E-state index contributed by atoms with van der Waals surface area (Å²) < 4.78 is 11.4. The van der Waals surface area contributed by atoms with E-state index in [4.69, 9.17) is 32.7 Å². The number of aromatic nitrogens is 1. The van der Waals surface area contributed by atoms with Crippen LogP contribution in [0.5, 0.6) is 5.75 Å². The van der Waals surface area contributed by atoms with Gasteiger partial charge >= 0.3 is 0 Å². The van der Waals surface area contributed by atoms with Crippen molar-refractivity contribution in [3.05, 3.63) is 64.0 Å². The number of carbonyl (C=O) groups excluding carboxylic acids is 1. The van der Waals surface area contributed by atoms with Crippen molar-refractivity contribution in [1.82, 2.24) is 4.98 Å². The van der Waals surface area contributed by atoms with Crippen molar-refractivity contribution in [2.45, 2.75) is 18.9 Å². The first-order valence-electron chi connectivity index (χ1n) is 9.61. The van der Waals surface area contributed by atoms with E-state index in [1.807, 2.05) is 41.8 Å². The number of para-hydroxylation sites is 1. The fourth-order valence-electron chi connectivity index (χ4n) is 3.23. The van der Waals surface area contributed by atoms with Gasteiger partial charge in [-0.05, 0) is 43.2 Å². The van der Waals surface area contributed by atoms with Crippen molar-refractivity contribution >= 4 is 45.6 Å². The molecule has 0 unspecified atom stereocenters. The summed E-state index contributed by atoms with van der Waals surface area (Å²) in [4.78, 5) is 19.4. The highest BCUT2D eigenvalue weighted by atomic mass is 35.5. The Bertz CT molecular complexity index is 1010. The Morgan fingerprint density at radius 3 is 2.80 bits per heavy atom. The number of anilines is 1. The van der Waals surface area contributed by atoms with Gasteiger partial charge in [-0.3, -0.25) is 9.69 Å². The molecular formula is C22H20Cl2N2O3S. The second-order valence-electron chi connectivity index (χ2n) is 6.88. The van der Waals surface area contributed by atoms with Crippen LogP contribution in [0, 0.1) is 0 Å². The molecule has 0 radical (unpaired) electrons. The van der Waals surface area contributed by atoms with E-state index in [0.717, 1.165) is 25.0 Å². The van der Waals surface area contributed by atoms with Gasteiger partial charge in [0.25, 0.3) is 5.91 Å². The highest BCUT2D eigenvalue weighted by Gasteiger charge is 2.26. The fraction of sp³-hybridized carbons (Fsp3) is 0.273. The van der Waals surface area contributed by atoms with Gasteiger partial charge in [0, 0.05) is 22.6 Å². The van der Waals surface area contributed by atoms with Crippen LogP contribution in [0.3, 0.4) is 0 Å². The van der Waals surface area contributed by atoms with Crippen molar-refractivity contribution < 1.29 is 14.3 Å². The van der Waals surface area contributed by atoms with Crippen LogP contribution in [0.25, 0.3) is 11.3 Å². The Morgan fingerprint density at radius 1 is 1.23 bits per heavy atom. The summed E-state index contributed by atoms with van der Waals surface area (Å²) in [6.07, 6.45) is 1.92. The molecule has 4 rings (SSSR count). The van der Waals surface area contributed by atoms with Gasteiger partial charge in [0.05, 0.1) is 23.4 Å². The molecule has 8 heteroatoms. The fourth-order valence-corrected chi connectivity index (χ4v) is 4.58. The van der Waals surface area contributed by atoms with Gasteiger partial charge in [-0.15, -0.1) is 11.3 Å². The number of hydrogen-bond acceptors (Lipinski definition) is 5. The molecular weight excluding hydrogens is 443 g/mol. The summed E-state index contributed by atoms with van der Waals surface area (Å²) in [6.45, 7) is 1.09. The third-order valence-corrected chi connectivity index (χ3v) is 6.16. The normalized spacial score (nSPS) is 15.9. The van der Waals surface area contributed by atoms with Crippen molar-refractivity contribution in [2.24, 2.45) is 0 Å². The molecule has 2 aromatic carbocycles. The van der Waals surface area contributed by atoms with E-state index in [0.29, 0.717) is 33.2 Å². The lowest BCUT2D eigenvalue weighted by Gasteiger charge is -2.23. The van der Waals surface area contributed by atoms with Crippen molar-refractivity contribution in [1.29, 1.82) is 0 Å². The number of ether oxygens (including phenoxy) is 2. The zero-order chi connectivity index (χ0) is 20.9. The van der Waals surface area contributed by atoms with Crippen LogP contribution in [-0.2, 0) is 9.53 Å². The Labute approximate surface area is 189 Å². The third-order valence-electron chi connectivity index (χ3n) is 4.75. The van der Waals surface area contributed by atoms with E-state index in [1.165, 1.54) is 11.3 Å². The number of amides is 1. The van der Waals surface area contributed by atoms with Gasteiger partial charge in [0.15, 0.2) is 11.7 Å². The third kappa shape index (κ3) is 5.13. The first kappa shape index (κ1) is 21.1. The molecule has 0 bridgehead atoms. The number of rotatable bonds is 7. The highest BCUT2D eigenvalue weighted by Crippen LogP contribution is 2.34. The Morgan fingerprint density at radius 2 is 2.07 bits per heavy atom. The molecule has 156 valence electrons. The van der Waals surface area contributed by atoms with Crippen molar-refractivity contribution in [3.63, 3.8) is 0 Å². The number of hydrogen-bond donors (Lipinski definition) is 0. The number of carbonyl (C=O) groups is 1. The van der Waals surface area contributed by atoms with E-state index in [9.17, 15) is 4.79 Å². The molecule has 5 nitrogen and oxygen atoms in total. The van der Waals surface area contributed by atoms with Crippen LogP contribution in [0.4, 0.5) is 5.13 Å². The maximum absolute atomic E-state index is 13.0. The molecule has 1 saturated heterocycles. The molecule has 1 amide bonds. The van der Waals surface area contributed by atoms with Gasteiger partial charge in [-0.2, -0.15) is 0 Å². The van der Waals surface area contributed by atoms with Gasteiger partial charge in [0.1, 0.15) is 5.75 Å². The van der Waals surface area contributed by atoms with Crippen LogP contribution in [0.1, 0.15) is 12.8 Å². The van der Waals surface area contributed by atoms with Gasteiger partial charge < -0.3 is 9.47 Å². The largest absolute Gasteiger partial charge is 0.484 e. The summed E-state index contributed by atoms with van der Waals surface area (Å²) in [6, 6.07) is 14.6. The zero-order valence-corrected chi connectivity index (χ0v) is 18.4. The predicted molar refractivity (Wildman–Crippen MR) is 121 cm³/mol. The summed E-state index contributed by atoms with van der Waals surface area (Å²) in [5.74, 6) is 0.480. The molecule has 0 spiro atoms. The summed E-state index contributed by atoms with van der Waals surface area (Å²) >= 11 is 13.7. The van der Waals surface area contributed by atoms with E-state index in [2.05, 4.69) is 4.98 Å². The molecule has 1 aliphatic heterocycles. The SMILES string of the molecule is O=C(COc1ccccc1)N(C[C@@H]1CCCO1)c1nc(-c2ccc(Cl)cc2Cl)cs1. The maximum Gasteiger partial charge on any atom is 0.266 e. The van der Waals surface area contributed by atoms with Crippen LogP contribution >= 0.6 is 34.5 Å². The standard InChI is InChI=1S/C22H20Cl2N2O3S/c23-15-8-9-18(19(24)11-15)20-14-30-22(25-20)26(12-17-7-4-10-28-17)21(27)13-29-16-5-2-1-3-6-16/h1-3,5-6,8-9,11,14,17H,4,7,10,12-13H2/t17-/m0/s1. The highest BCUT2D eigenvalue weighted by molar-refractivity contribution is 7.14. The summed E-state index contributed by atoms with van der Waals surface area (Å²) in [5, 5.41) is 3.56. The van der Waals surface area contributed by atoms with Gasteiger partial charge in [0.2, 0.25) is 0 Å². The first-order chi connectivity index (χ1) is 14.6. The Balaban J connectivity index is 1.54. The molecule has 30 heavy (non-hydrogen) atoms. The summed E-state index contributed by atoms with van der Waals surface area (Å²) in [5.41, 5.74) is 1.47. The first-order valence-corrected chi connectivity index (χ1v) is 11.2. The van der Waals surface area contributed by atoms with Gasteiger partial charge in [-0.25, -0.2) is 4.98 Å². The monoisotopic (exact) mass is 462 g/mol. The second-order valence-corrected chi connectivity index (χ2v) is 8.56. The second kappa shape index (κ2) is 9.79. The Kier molecular flexibility index (Phi) is 6.89. The van der Waals surface area contributed by atoms with E-state index in [-0.39, 0.29) is 18.6 Å². The Hall–Kier alpha value is -2.12. The summed E-state index contributed by atoms with van der Waals surface area (Å²) in [7, 11) is 0. The average molecular weight is 463 g/mol. The smallest absolute Gasteiger partial charge is 0.266 e. The van der Waals surface area contributed by atoms with E-state index >= 15 is 0 Å². The van der Waals surface area contributed by atoms with Crippen LogP contribution in [-0.4, -0.2) is 36.8 Å². The predicted octanol–water partition coefficient (Wildman–Crippen LogP) is 5.71. The quantitative estimate of drug-likeness (QED) is 0.451. The lowest BCUT2D eigenvalue weighted by Crippen LogP contribution is -2.40. The molecule has 1 fully saturated rings. The van der Waals surface area contributed by atoms with Crippen LogP contribution in [0.2, 0.25) is 10.0 Å². The lowest BCUT2D eigenvalue weighted by atomic mass is 10.2. The molecule has 0 saturated carbocycles. The minimum absolute atomic E-state index is 0.00264. The minimum atomic E-state index is -0.169. The number of halogens is 2. The van der Waals surface area contributed by atoms with Crippen LogP contribution < -0.4 is 9.64 Å². The number of nitrogens with zero attached hydrogens (tertiary/aromatic N) is 2. The van der Waals surface area contributed by atoms with Crippen molar-refractivity contribution in [3.8, 4) is 17.0 Å². The molecule has 3 aromatic rings. The molecule has 0 aliphatic carbocycles. The average Bonchev–Trinajstić information content (AvgIpc) is 3.43. The molecule has 1 aromatic heterocycles. The number of thiazole rings is 1. The minimum Gasteiger partial charge on any atom is -0.484 e. The molecule has 1 atom stereocenters. The topological polar surface area (TPSA) is 51.7 Å². The van der Waals surface area contributed by atoms with Crippen LogP contribution in [0.15, 0.2) is 53.9 Å². The molecule has 0 N–H and O–H groups in total. The molecule has 2 heterocycles. The zero-order valence-electron chi connectivity index (χ0n) is 16.1. The van der Waals surface area contributed by atoms with Crippen molar-refractivity contribution in [2.75, 3.05) is 24.7 Å².